The molecule has 5 nitrogen and oxygen atoms in total. The number of ether oxygens (including phenoxy) is 2. The molecule has 0 saturated heterocycles. The molecule has 6 heteroatoms. The van der Waals surface area contributed by atoms with Crippen LogP contribution >= 0.6 is 11.6 Å². The molecular weight excluding hydrogens is 306 g/mol. The summed E-state index contributed by atoms with van der Waals surface area (Å²) in [7, 11) is 0. The molecule has 0 saturated carbocycles. The van der Waals surface area contributed by atoms with E-state index in [0.29, 0.717) is 5.02 Å². The van der Waals surface area contributed by atoms with Crippen molar-refractivity contribution in [3.05, 3.63) is 64.7 Å². The first-order chi connectivity index (χ1) is 10.6. The van der Waals surface area contributed by atoms with Crippen LogP contribution < -0.4 is 10.5 Å². The summed E-state index contributed by atoms with van der Waals surface area (Å²) in [5, 5.41) is 0.568. The van der Waals surface area contributed by atoms with Crippen molar-refractivity contribution in [1.82, 2.24) is 0 Å². The molecular formula is C16H14ClNO4. The van der Waals surface area contributed by atoms with Crippen molar-refractivity contribution < 1.29 is 19.1 Å². The fourth-order valence-corrected chi connectivity index (χ4v) is 1.98. The van der Waals surface area contributed by atoms with Gasteiger partial charge >= 0.3 is 5.97 Å². The van der Waals surface area contributed by atoms with Crippen molar-refractivity contribution in [2.24, 2.45) is 5.73 Å². The minimum atomic E-state index is -0.623. The Morgan fingerprint density at radius 2 is 1.86 bits per heavy atom. The maximum Gasteiger partial charge on any atom is 0.342 e. The van der Waals surface area contributed by atoms with Gasteiger partial charge in [0.25, 0.3) is 5.91 Å². The highest BCUT2D eigenvalue weighted by atomic mass is 35.5. The predicted molar refractivity (Wildman–Crippen MR) is 81.7 cm³/mol. The number of para-hydroxylation sites is 1. The van der Waals surface area contributed by atoms with Crippen LogP contribution in [0.2, 0.25) is 5.02 Å². The zero-order valence-electron chi connectivity index (χ0n) is 11.6. The smallest absolute Gasteiger partial charge is 0.342 e. The molecule has 0 aliphatic heterocycles. The summed E-state index contributed by atoms with van der Waals surface area (Å²) in [6.07, 6.45) is 0. The standard InChI is InChI=1S/C16H14ClNO4/c17-12-5-3-4-11(8-12)9-22-16(20)13-6-1-2-7-14(13)21-10-15(18)19/h1-8H,9-10H2,(H2,18,19). The Hall–Kier alpha value is -2.53. The van der Waals surface area contributed by atoms with Crippen LogP contribution in [0.4, 0.5) is 0 Å². The Morgan fingerprint density at radius 1 is 1.09 bits per heavy atom. The molecule has 0 fully saturated rings. The summed E-state index contributed by atoms with van der Waals surface area (Å²) in [6, 6.07) is 13.5. The summed E-state index contributed by atoms with van der Waals surface area (Å²) in [5.74, 6) is -0.931. The second-order valence-corrected chi connectivity index (χ2v) is 4.89. The lowest BCUT2D eigenvalue weighted by atomic mass is 10.2. The Bertz CT molecular complexity index is 687. The number of halogens is 1. The summed E-state index contributed by atoms with van der Waals surface area (Å²) in [4.78, 5) is 22.9. The van der Waals surface area contributed by atoms with E-state index in [9.17, 15) is 9.59 Å². The molecule has 0 atom stereocenters. The molecule has 2 rings (SSSR count). The van der Waals surface area contributed by atoms with Gasteiger partial charge in [-0.25, -0.2) is 4.79 Å². The third-order valence-corrected chi connectivity index (χ3v) is 2.97. The van der Waals surface area contributed by atoms with Gasteiger partial charge in [0.15, 0.2) is 6.61 Å². The van der Waals surface area contributed by atoms with Crippen LogP contribution in [0.25, 0.3) is 0 Å². The highest BCUT2D eigenvalue weighted by molar-refractivity contribution is 6.30. The summed E-state index contributed by atoms with van der Waals surface area (Å²) < 4.78 is 10.4. The number of hydrogen-bond acceptors (Lipinski definition) is 4. The van der Waals surface area contributed by atoms with Gasteiger partial charge in [-0.3, -0.25) is 4.79 Å². The van der Waals surface area contributed by atoms with Crippen LogP contribution in [0, 0.1) is 0 Å². The average Bonchev–Trinajstić information content (AvgIpc) is 2.51. The Labute approximate surface area is 132 Å². The zero-order valence-corrected chi connectivity index (χ0v) is 12.4. The predicted octanol–water partition coefficient (Wildman–Crippen LogP) is 2.56. The van der Waals surface area contributed by atoms with Crippen molar-refractivity contribution in [3.63, 3.8) is 0 Å². The quantitative estimate of drug-likeness (QED) is 0.830. The second-order valence-electron chi connectivity index (χ2n) is 4.46. The minimum absolute atomic E-state index is 0.0869. The Kier molecular flexibility index (Phi) is 5.38. The molecule has 22 heavy (non-hydrogen) atoms. The fraction of sp³-hybridized carbons (Fsp3) is 0.125. The van der Waals surface area contributed by atoms with Gasteiger partial charge in [-0.15, -0.1) is 0 Å². The van der Waals surface area contributed by atoms with Gasteiger partial charge in [0.2, 0.25) is 0 Å². The van der Waals surface area contributed by atoms with Gasteiger partial charge in [-0.2, -0.15) is 0 Å². The van der Waals surface area contributed by atoms with Crippen molar-refractivity contribution >= 4 is 23.5 Å². The molecule has 0 spiro atoms. The second kappa shape index (κ2) is 7.47. The number of primary amides is 1. The molecule has 0 radical (unpaired) electrons. The van der Waals surface area contributed by atoms with E-state index in [-0.39, 0.29) is 24.5 Å². The van der Waals surface area contributed by atoms with Gasteiger partial charge in [-0.05, 0) is 29.8 Å². The van der Waals surface area contributed by atoms with E-state index in [4.69, 9.17) is 26.8 Å². The molecule has 0 bridgehead atoms. The van der Waals surface area contributed by atoms with Crippen molar-refractivity contribution in [2.45, 2.75) is 6.61 Å². The van der Waals surface area contributed by atoms with Gasteiger partial charge in [0.05, 0.1) is 0 Å². The lowest BCUT2D eigenvalue weighted by Gasteiger charge is -2.10. The Morgan fingerprint density at radius 3 is 2.59 bits per heavy atom. The number of amides is 1. The third kappa shape index (κ3) is 4.49. The van der Waals surface area contributed by atoms with Gasteiger partial charge in [0.1, 0.15) is 17.9 Å². The molecule has 114 valence electrons. The van der Waals surface area contributed by atoms with Crippen LogP contribution in [0.15, 0.2) is 48.5 Å². The molecule has 0 aliphatic carbocycles. The summed E-state index contributed by atoms with van der Waals surface area (Å²) in [5.41, 5.74) is 6.02. The van der Waals surface area contributed by atoms with Crippen molar-refractivity contribution in [1.29, 1.82) is 0 Å². The number of benzene rings is 2. The van der Waals surface area contributed by atoms with Crippen LogP contribution in [0.3, 0.4) is 0 Å². The first-order valence-electron chi connectivity index (χ1n) is 6.48. The molecule has 0 heterocycles. The van der Waals surface area contributed by atoms with E-state index < -0.39 is 11.9 Å². The molecule has 0 unspecified atom stereocenters. The van der Waals surface area contributed by atoms with E-state index in [0.717, 1.165) is 5.56 Å². The van der Waals surface area contributed by atoms with E-state index in [1.54, 1.807) is 48.5 Å². The van der Waals surface area contributed by atoms with Gasteiger partial charge < -0.3 is 15.2 Å². The van der Waals surface area contributed by atoms with Gasteiger partial charge in [0, 0.05) is 5.02 Å². The largest absolute Gasteiger partial charge is 0.483 e. The third-order valence-electron chi connectivity index (χ3n) is 2.74. The first-order valence-corrected chi connectivity index (χ1v) is 6.86. The SMILES string of the molecule is NC(=O)COc1ccccc1C(=O)OCc1cccc(Cl)c1. The highest BCUT2D eigenvalue weighted by Gasteiger charge is 2.14. The minimum Gasteiger partial charge on any atom is -0.483 e. The zero-order chi connectivity index (χ0) is 15.9. The Balaban J connectivity index is 2.04. The lowest BCUT2D eigenvalue weighted by molar-refractivity contribution is -0.119. The highest BCUT2D eigenvalue weighted by Crippen LogP contribution is 2.20. The lowest BCUT2D eigenvalue weighted by Crippen LogP contribution is -2.21. The fourth-order valence-electron chi connectivity index (χ4n) is 1.76. The number of hydrogen-bond donors (Lipinski definition) is 1. The molecule has 0 aliphatic rings. The number of rotatable bonds is 6. The van der Waals surface area contributed by atoms with Crippen LogP contribution in [0.5, 0.6) is 5.75 Å². The summed E-state index contributed by atoms with van der Waals surface area (Å²) in [6.45, 7) is -0.220. The maximum atomic E-state index is 12.1. The number of carbonyl (C=O) groups is 2. The molecule has 0 aromatic heterocycles. The monoisotopic (exact) mass is 319 g/mol. The molecule has 2 aromatic rings. The van der Waals surface area contributed by atoms with Crippen LogP contribution in [0.1, 0.15) is 15.9 Å². The summed E-state index contributed by atoms with van der Waals surface area (Å²) >= 11 is 5.87. The van der Waals surface area contributed by atoms with Crippen LogP contribution in [-0.2, 0) is 16.1 Å². The molecule has 1 amide bonds. The maximum absolute atomic E-state index is 12.1. The van der Waals surface area contributed by atoms with Crippen molar-refractivity contribution in [3.8, 4) is 5.75 Å². The topological polar surface area (TPSA) is 78.6 Å². The van der Waals surface area contributed by atoms with E-state index in [2.05, 4.69) is 0 Å². The number of carbonyl (C=O) groups excluding carboxylic acids is 2. The first kappa shape index (κ1) is 15.9. The normalized spacial score (nSPS) is 10.0. The van der Waals surface area contributed by atoms with Crippen molar-refractivity contribution in [2.75, 3.05) is 6.61 Å². The van der Waals surface area contributed by atoms with E-state index in [1.165, 1.54) is 0 Å². The van der Waals surface area contributed by atoms with Crippen LogP contribution in [-0.4, -0.2) is 18.5 Å². The van der Waals surface area contributed by atoms with Gasteiger partial charge in [-0.1, -0.05) is 35.9 Å². The number of nitrogens with two attached hydrogens (primary N) is 1. The van der Waals surface area contributed by atoms with E-state index >= 15 is 0 Å². The van der Waals surface area contributed by atoms with E-state index in [1.807, 2.05) is 0 Å². The molecule has 2 N–H and O–H groups in total. The average molecular weight is 320 g/mol. The molecule has 2 aromatic carbocycles. The number of esters is 1.